The highest BCUT2D eigenvalue weighted by molar-refractivity contribution is 7.84. The van der Waals surface area contributed by atoms with Gasteiger partial charge in [-0.2, -0.15) is 0 Å². The van der Waals surface area contributed by atoms with Crippen LogP contribution in [0.2, 0.25) is 0 Å². The van der Waals surface area contributed by atoms with E-state index in [2.05, 4.69) is 22.9 Å². The van der Waals surface area contributed by atoms with Crippen molar-refractivity contribution < 1.29 is 19.4 Å². The van der Waals surface area contributed by atoms with Crippen LogP contribution in [0.1, 0.15) is 12.5 Å². The van der Waals surface area contributed by atoms with Gasteiger partial charge in [-0.25, -0.2) is 0 Å². The summed E-state index contributed by atoms with van der Waals surface area (Å²) < 4.78 is 10.7. The Balaban J connectivity index is 2.20. The zero-order valence-corrected chi connectivity index (χ0v) is 15.7. The van der Waals surface area contributed by atoms with Crippen LogP contribution in [-0.2, 0) is 9.53 Å². The summed E-state index contributed by atoms with van der Waals surface area (Å²) in [5.41, 5.74) is 12.4. The van der Waals surface area contributed by atoms with Crippen LogP contribution in [0.3, 0.4) is 0 Å². The van der Waals surface area contributed by atoms with Crippen LogP contribution in [0.5, 0.6) is 5.75 Å². The predicted molar refractivity (Wildman–Crippen MR) is 103 cm³/mol. The van der Waals surface area contributed by atoms with Crippen molar-refractivity contribution in [2.45, 2.75) is 12.5 Å². The number of nitrogens with zero attached hydrogens (tertiary/aromatic N) is 1. The summed E-state index contributed by atoms with van der Waals surface area (Å²) in [5, 5.41) is 12.2. The summed E-state index contributed by atoms with van der Waals surface area (Å²) in [4.78, 5) is 17.3. The van der Waals surface area contributed by atoms with Gasteiger partial charge in [0, 0.05) is 28.9 Å². The number of aliphatic imine (C=N–C) groups is 1. The fraction of sp³-hybridized carbons (Fsp3) is 0.412. The van der Waals surface area contributed by atoms with Crippen molar-refractivity contribution in [1.82, 2.24) is 5.32 Å². The van der Waals surface area contributed by atoms with Gasteiger partial charge >= 0.3 is 0 Å². The third kappa shape index (κ3) is 4.48. The first kappa shape index (κ1) is 20.1. The fourth-order valence-electron chi connectivity index (χ4n) is 2.29. The maximum atomic E-state index is 12.6. The second-order valence-electron chi connectivity index (χ2n) is 6.13. The van der Waals surface area contributed by atoms with Crippen molar-refractivity contribution >= 4 is 29.9 Å². The molecule has 8 nitrogen and oxygen atoms in total. The molecule has 6 N–H and O–H groups in total. The van der Waals surface area contributed by atoms with Gasteiger partial charge in [0.05, 0.1) is 19.8 Å². The normalized spacial score (nSPS) is 17.2. The molecule has 9 heteroatoms. The van der Waals surface area contributed by atoms with Gasteiger partial charge in [0.2, 0.25) is 0 Å². The lowest BCUT2D eigenvalue weighted by molar-refractivity contribution is -0.131. The number of nitrogens with two attached hydrogens (primary N) is 2. The number of thiol groups is 1. The monoisotopic (exact) mass is 380 g/mol. The number of carbonyl (C=O) groups is 1. The first-order valence-electron chi connectivity index (χ1n) is 7.96. The van der Waals surface area contributed by atoms with Gasteiger partial charge in [0.15, 0.2) is 0 Å². The maximum absolute atomic E-state index is 12.6. The highest BCUT2D eigenvalue weighted by Crippen LogP contribution is 2.23. The van der Waals surface area contributed by atoms with Crippen LogP contribution in [0.4, 0.5) is 5.69 Å². The molecule has 0 aliphatic carbocycles. The highest BCUT2D eigenvalue weighted by Gasteiger charge is 2.40. The van der Waals surface area contributed by atoms with Gasteiger partial charge in [-0.1, -0.05) is 0 Å². The molecule has 1 aliphatic rings. The molecular formula is C17H24N4O4S. The minimum atomic E-state index is -0.778. The van der Waals surface area contributed by atoms with Crippen molar-refractivity contribution in [2.75, 3.05) is 39.2 Å². The number of anilines is 1. The number of hydrogen-bond acceptors (Lipinski definition) is 8. The van der Waals surface area contributed by atoms with E-state index in [0.717, 1.165) is 0 Å². The molecule has 0 saturated carbocycles. The number of carbonyl (C=O) groups excluding carboxylic acids is 1. The molecule has 2 rings (SSSR count). The molecule has 142 valence electrons. The highest BCUT2D eigenvalue weighted by atomic mass is 32.1. The van der Waals surface area contributed by atoms with Gasteiger partial charge in [0.25, 0.3) is 5.91 Å². The molecule has 26 heavy (non-hydrogen) atoms. The number of nitrogens with one attached hydrogen (secondary N) is 1. The summed E-state index contributed by atoms with van der Waals surface area (Å²) in [6, 6.07) is 4.95. The van der Waals surface area contributed by atoms with Crippen LogP contribution in [0, 0.1) is 0 Å². The van der Waals surface area contributed by atoms with Crippen LogP contribution in [0.15, 0.2) is 33.8 Å². The molecule has 0 spiro atoms. The largest absolute Gasteiger partial charge is 0.488 e. The van der Waals surface area contributed by atoms with E-state index in [1.807, 2.05) is 0 Å². The van der Waals surface area contributed by atoms with E-state index >= 15 is 0 Å². The van der Waals surface area contributed by atoms with Crippen molar-refractivity contribution in [3.63, 3.8) is 0 Å². The SMILES string of the molecule is CN=C(C(=O)NC1(CO)COC1)c1cc(OC/C(S)=C(\C)N)ccc1N. The molecule has 1 heterocycles. The van der Waals surface area contributed by atoms with Gasteiger partial charge in [-0.3, -0.25) is 9.79 Å². The molecule has 0 bridgehead atoms. The topological polar surface area (TPSA) is 132 Å². The van der Waals surface area contributed by atoms with E-state index in [1.165, 1.54) is 7.05 Å². The molecule has 1 aromatic carbocycles. The molecular weight excluding hydrogens is 356 g/mol. The molecule has 1 saturated heterocycles. The molecule has 0 radical (unpaired) electrons. The number of allylic oxidation sites excluding steroid dienone is 1. The number of ether oxygens (including phenoxy) is 2. The number of amides is 1. The number of benzene rings is 1. The van der Waals surface area contributed by atoms with Crippen molar-refractivity contribution in [2.24, 2.45) is 10.7 Å². The van der Waals surface area contributed by atoms with E-state index in [1.54, 1.807) is 25.1 Å². The van der Waals surface area contributed by atoms with E-state index in [9.17, 15) is 9.90 Å². The minimum absolute atomic E-state index is 0.143. The van der Waals surface area contributed by atoms with Crippen molar-refractivity contribution in [3.05, 3.63) is 34.4 Å². The summed E-state index contributed by atoms with van der Waals surface area (Å²) in [6.45, 7) is 2.21. The molecule has 0 aromatic heterocycles. The summed E-state index contributed by atoms with van der Waals surface area (Å²) >= 11 is 4.25. The zero-order valence-electron chi connectivity index (χ0n) is 14.8. The molecule has 0 atom stereocenters. The Kier molecular flexibility index (Phi) is 6.52. The Labute approximate surface area is 157 Å². The van der Waals surface area contributed by atoms with E-state index in [0.29, 0.717) is 27.6 Å². The number of nitrogen functional groups attached to an aromatic ring is 1. The Morgan fingerprint density at radius 3 is 2.69 bits per heavy atom. The zero-order chi connectivity index (χ0) is 19.3. The molecule has 1 aliphatic heterocycles. The fourth-order valence-corrected chi connectivity index (χ4v) is 2.36. The lowest BCUT2D eigenvalue weighted by atomic mass is 9.97. The third-order valence-corrected chi connectivity index (χ3v) is 4.47. The number of hydrogen-bond donors (Lipinski definition) is 5. The Morgan fingerprint density at radius 2 is 2.19 bits per heavy atom. The van der Waals surface area contributed by atoms with Gasteiger partial charge < -0.3 is 31.4 Å². The van der Waals surface area contributed by atoms with Gasteiger partial charge in [0.1, 0.15) is 23.6 Å². The average Bonchev–Trinajstić information content (AvgIpc) is 2.58. The second-order valence-corrected chi connectivity index (χ2v) is 6.66. The van der Waals surface area contributed by atoms with E-state index in [4.69, 9.17) is 20.9 Å². The average molecular weight is 380 g/mol. The number of aliphatic hydroxyl groups excluding tert-OH is 1. The maximum Gasteiger partial charge on any atom is 0.270 e. The predicted octanol–water partition coefficient (Wildman–Crippen LogP) is 0.0640. The number of aliphatic hydroxyl groups is 1. The Hall–Kier alpha value is -2.23. The lowest BCUT2D eigenvalue weighted by Crippen LogP contribution is -2.65. The molecule has 1 fully saturated rings. The third-order valence-electron chi connectivity index (χ3n) is 3.99. The van der Waals surface area contributed by atoms with Crippen LogP contribution >= 0.6 is 12.6 Å². The molecule has 0 unspecified atom stereocenters. The van der Waals surface area contributed by atoms with Crippen molar-refractivity contribution in [3.8, 4) is 5.75 Å². The van der Waals surface area contributed by atoms with Crippen molar-refractivity contribution in [1.29, 1.82) is 0 Å². The first-order chi connectivity index (χ1) is 12.3. The van der Waals surface area contributed by atoms with Crippen LogP contribution in [-0.4, -0.2) is 55.7 Å². The summed E-state index contributed by atoms with van der Waals surface area (Å²) in [5.74, 6) is 0.0566. The lowest BCUT2D eigenvalue weighted by Gasteiger charge is -2.40. The smallest absolute Gasteiger partial charge is 0.270 e. The van der Waals surface area contributed by atoms with Gasteiger partial charge in [-0.05, 0) is 25.1 Å². The molecule has 1 aromatic rings. The minimum Gasteiger partial charge on any atom is -0.488 e. The number of rotatable bonds is 7. The Morgan fingerprint density at radius 1 is 1.50 bits per heavy atom. The second kappa shape index (κ2) is 8.43. The standard InChI is InChI=1S/C17H24N4O4S/c1-10(18)14(26)6-25-11-3-4-13(19)12(5-11)15(20-2)16(23)21-17(7-22)8-24-9-17/h3-5,22,26H,6-9,18-19H2,1-2H3,(H,21,23)/b14-10-,20-15?. The quantitative estimate of drug-likeness (QED) is 0.258. The Bertz CT molecular complexity index is 735. The van der Waals surface area contributed by atoms with E-state index in [-0.39, 0.29) is 32.1 Å². The summed E-state index contributed by atoms with van der Waals surface area (Å²) in [7, 11) is 1.50. The van der Waals surface area contributed by atoms with Crippen LogP contribution in [0.25, 0.3) is 0 Å². The summed E-state index contributed by atoms with van der Waals surface area (Å²) in [6.07, 6.45) is 0. The van der Waals surface area contributed by atoms with Gasteiger partial charge in [-0.15, -0.1) is 12.6 Å². The van der Waals surface area contributed by atoms with Crippen LogP contribution < -0.4 is 21.5 Å². The molecule has 1 amide bonds. The van der Waals surface area contributed by atoms with E-state index < -0.39 is 11.4 Å². The first-order valence-corrected chi connectivity index (χ1v) is 8.41.